The standard InChI is InChI=1S/C16H26N4S/c1-2-15-8-3-4-11-20(15)12-6-10-18-16(21)19-14-7-5-9-17-13-14/h5,7,9,13,15H,2-4,6,8,10-12H2,1H3,(H2,18,19,21). The van der Waals surface area contributed by atoms with Gasteiger partial charge in [0.2, 0.25) is 0 Å². The molecule has 0 aliphatic carbocycles. The molecule has 116 valence electrons. The number of nitrogens with one attached hydrogen (secondary N) is 2. The maximum atomic E-state index is 5.29. The fraction of sp³-hybridized carbons (Fsp3) is 0.625. The maximum Gasteiger partial charge on any atom is 0.170 e. The minimum absolute atomic E-state index is 0.675. The Bertz CT molecular complexity index is 424. The highest BCUT2D eigenvalue weighted by molar-refractivity contribution is 7.80. The van der Waals surface area contributed by atoms with E-state index in [2.05, 4.69) is 27.4 Å². The van der Waals surface area contributed by atoms with Gasteiger partial charge < -0.3 is 15.5 Å². The topological polar surface area (TPSA) is 40.2 Å². The average Bonchev–Trinajstić information content (AvgIpc) is 2.53. The van der Waals surface area contributed by atoms with Crippen molar-refractivity contribution >= 4 is 23.0 Å². The van der Waals surface area contributed by atoms with Crippen LogP contribution < -0.4 is 10.6 Å². The zero-order valence-corrected chi connectivity index (χ0v) is 13.7. The number of hydrogen-bond donors (Lipinski definition) is 2. The Labute approximate surface area is 133 Å². The van der Waals surface area contributed by atoms with Gasteiger partial charge in [-0.05, 0) is 56.6 Å². The van der Waals surface area contributed by atoms with E-state index in [1.165, 1.54) is 38.8 Å². The van der Waals surface area contributed by atoms with Crippen LogP contribution in [0.3, 0.4) is 0 Å². The molecule has 5 heteroatoms. The summed E-state index contributed by atoms with van der Waals surface area (Å²) in [7, 11) is 0. The number of likely N-dealkylation sites (tertiary alicyclic amines) is 1. The average molecular weight is 306 g/mol. The van der Waals surface area contributed by atoms with Crippen molar-refractivity contribution in [3.8, 4) is 0 Å². The summed E-state index contributed by atoms with van der Waals surface area (Å²) in [6.45, 7) is 5.64. The van der Waals surface area contributed by atoms with Crippen molar-refractivity contribution in [1.82, 2.24) is 15.2 Å². The lowest BCUT2D eigenvalue weighted by molar-refractivity contribution is 0.143. The van der Waals surface area contributed by atoms with Crippen LogP contribution in [0, 0.1) is 0 Å². The lowest BCUT2D eigenvalue weighted by atomic mass is 10.00. The van der Waals surface area contributed by atoms with Crippen molar-refractivity contribution in [2.75, 3.05) is 25.0 Å². The molecule has 0 radical (unpaired) electrons. The fourth-order valence-corrected chi connectivity index (χ4v) is 3.13. The number of piperidine rings is 1. The van der Waals surface area contributed by atoms with E-state index in [4.69, 9.17) is 12.2 Å². The van der Waals surface area contributed by atoms with Crippen molar-refractivity contribution in [1.29, 1.82) is 0 Å². The van der Waals surface area contributed by atoms with Gasteiger partial charge >= 0.3 is 0 Å². The number of nitrogens with zero attached hydrogens (tertiary/aromatic N) is 2. The van der Waals surface area contributed by atoms with Gasteiger partial charge in [0.05, 0.1) is 11.9 Å². The van der Waals surface area contributed by atoms with Crippen molar-refractivity contribution < 1.29 is 0 Å². The molecule has 2 heterocycles. The molecule has 1 aliphatic rings. The normalized spacial score (nSPS) is 19.2. The Kier molecular flexibility index (Phi) is 6.89. The predicted molar refractivity (Wildman–Crippen MR) is 92.6 cm³/mol. The molecule has 0 aromatic carbocycles. The molecule has 1 aliphatic heterocycles. The highest BCUT2D eigenvalue weighted by Gasteiger charge is 2.19. The highest BCUT2D eigenvalue weighted by atomic mass is 32.1. The van der Waals surface area contributed by atoms with E-state index in [-0.39, 0.29) is 0 Å². The van der Waals surface area contributed by atoms with Gasteiger partial charge in [0, 0.05) is 25.3 Å². The molecule has 1 aromatic heterocycles. The lowest BCUT2D eigenvalue weighted by Gasteiger charge is -2.35. The van der Waals surface area contributed by atoms with Gasteiger partial charge in [-0.1, -0.05) is 13.3 Å². The highest BCUT2D eigenvalue weighted by Crippen LogP contribution is 2.19. The lowest BCUT2D eigenvalue weighted by Crippen LogP contribution is -2.40. The summed E-state index contributed by atoms with van der Waals surface area (Å²) >= 11 is 5.29. The molecule has 1 atom stereocenters. The zero-order valence-electron chi connectivity index (χ0n) is 12.8. The third kappa shape index (κ3) is 5.59. The third-order valence-corrected chi connectivity index (χ3v) is 4.29. The van der Waals surface area contributed by atoms with E-state index in [1.807, 2.05) is 12.1 Å². The number of thiocarbonyl (C=S) groups is 1. The fourth-order valence-electron chi connectivity index (χ4n) is 2.91. The second-order valence-corrected chi connectivity index (χ2v) is 5.98. The van der Waals surface area contributed by atoms with Crippen molar-refractivity contribution in [2.24, 2.45) is 0 Å². The summed E-state index contributed by atoms with van der Waals surface area (Å²) in [5, 5.41) is 7.09. The Balaban J connectivity index is 1.61. The van der Waals surface area contributed by atoms with Crippen LogP contribution in [-0.2, 0) is 0 Å². The summed E-state index contributed by atoms with van der Waals surface area (Å²) in [5.41, 5.74) is 0.928. The number of rotatable bonds is 6. The third-order valence-electron chi connectivity index (χ3n) is 4.05. The molecular formula is C16H26N4S. The van der Waals surface area contributed by atoms with Gasteiger partial charge in [-0.15, -0.1) is 0 Å². The van der Waals surface area contributed by atoms with Gasteiger partial charge in [0.1, 0.15) is 0 Å². The molecule has 2 rings (SSSR count). The van der Waals surface area contributed by atoms with Crippen LogP contribution in [0.2, 0.25) is 0 Å². The van der Waals surface area contributed by atoms with E-state index in [1.54, 1.807) is 12.4 Å². The summed E-state index contributed by atoms with van der Waals surface area (Å²) in [6.07, 6.45) is 10.0. The van der Waals surface area contributed by atoms with E-state index in [0.29, 0.717) is 5.11 Å². The first-order valence-corrected chi connectivity index (χ1v) is 8.39. The molecule has 2 N–H and O–H groups in total. The minimum Gasteiger partial charge on any atom is -0.362 e. The molecule has 1 unspecified atom stereocenters. The van der Waals surface area contributed by atoms with Crippen LogP contribution in [-0.4, -0.2) is 40.7 Å². The zero-order chi connectivity index (χ0) is 14.9. The van der Waals surface area contributed by atoms with Crippen molar-refractivity contribution in [3.63, 3.8) is 0 Å². The van der Waals surface area contributed by atoms with Gasteiger partial charge in [-0.2, -0.15) is 0 Å². The summed E-state index contributed by atoms with van der Waals surface area (Å²) in [5.74, 6) is 0. The van der Waals surface area contributed by atoms with Crippen molar-refractivity contribution in [2.45, 2.75) is 45.1 Å². The second kappa shape index (κ2) is 8.95. The first kappa shape index (κ1) is 16.2. The predicted octanol–water partition coefficient (Wildman–Crippen LogP) is 3.02. The molecule has 1 fully saturated rings. The van der Waals surface area contributed by atoms with E-state index >= 15 is 0 Å². The van der Waals surface area contributed by atoms with E-state index in [0.717, 1.165) is 24.7 Å². The largest absolute Gasteiger partial charge is 0.362 e. The molecule has 1 aromatic rings. The summed E-state index contributed by atoms with van der Waals surface area (Å²) < 4.78 is 0. The van der Waals surface area contributed by atoms with Crippen LogP contribution in [0.25, 0.3) is 0 Å². The monoisotopic (exact) mass is 306 g/mol. The van der Waals surface area contributed by atoms with Crippen LogP contribution in [0.5, 0.6) is 0 Å². The van der Waals surface area contributed by atoms with E-state index in [9.17, 15) is 0 Å². The SMILES string of the molecule is CCC1CCCCN1CCCNC(=S)Nc1cccnc1. The minimum atomic E-state index is 0.675. The Morgan fingerprint density at radius 3 is 3.14 bits per heavy atom. The maximum absolute atomic E-state index is 5.29. The molecule has 4 nitrogen and oxygen atoms in total. The van der Waals surface area contributed by atoms with Crippen LogP contribution in [0.1, 0.15) is 39.0 Å². The van der Waals surface area contributed by atoms with E-state index < -0.39 is 0 Å². The van der Waals surface area contributed by atoms with Gasteiger partial charge in [0.15, 0.2) is 5.11 Å². The second-order valence-electron chi connectivity index (χ2n) is 5.57. The first-order valence-electron chi connectivity index (χ1n) is 7.98. The Morgan fingerprint density at radius 1 is 1.48 bits per heavy atom. The molecule has 21 heavy (non-hydrogen) atoms. The van der Waals surface area contributed by atoms with Gasteiger partial charge in [-0.3, -0.25) is 4.98 Å². The van der Waals surface area contributed by atoms with Crippen LogP contribution in [0.4, 0.5) is 5.69 Å². The molecule has 0 bridgehead atoms. The van der Waals surface area contributed by atoms with Gasteiger partial charge in [0.25, 0.3) is 0 Å². The molecule has 0 saturated carbocycles. The number of aromatic nitrogens is 1. The Hall–Kier alpha value is -1.20. The molecule has 0 amide bonds. The number of hydrogen-bond acceptors (Lipinski definition) is 3. The number of pyridine rings is 1. The smallest absolute Gasteiger partial charge is 0.170 e. The first-order chi connectivity index (χ1) is 10.3. The van der Waals surface area contributed by atoms with Crippen LogP contribution in [0.15, 0.2) is 24.5 Å². The number of anilines is 1. The van der Waals surface area contributed by atoms with Crippen LogP contribution >= 0.6 is 12.2 Å². The molecule has 1 saturated heterocycles. The quantitative estimate of drug-likeness (QED) is 0.624. The molecular weight excluding hydrogens is 280 g/mol. The summed E-state index contributed by atoms with van der Waals surface area (Å²) in [4.78, 5) is 6.70. The van der Waals surface area contributed by atoms with Gasteiger partial charge in [-0.25, -0.2) is 0 Å². The van der Waals surface area contributed by atoms with Crippen molar-refractivity contribution in [3.05, 3.63) is 24.5 Å². The summed E-state index contributed by atoms with van der Waals surface area (Å²) in [6, 6.07) is 4.64. The molecule has 0 spiro atoms. The Morgan fingerprint density at radius 2 is 2.38 bits per heavy atom.